The largest absolute Gasteiger partial charge is 0.310 e. The number of benzene rings is 10. The molecule has 0 saturated carbocycles. The first-order chi connectivity index (χ1) is 26.2. The van der Waals surface area contributed by atoms with Gasteiger partial charge in [-0.05, 0) is 125 Å². The summed E-state index contributed by atoms with van der Waals surface area (Å²) in [5.41, 5.74) is 10.5. The zero-order valence-corrected chi connectivity index (χ0v) is 29.2. The van der Waals surface area contributed by atoms with Gasteiger partial charge in [0, 0.05) is 17.1 Å². The predicted molar refractivity (Wildman–Crippen MR) is 227 cm³/mol. The van der Waals surface area contributed by atoms with E-state index in [9.17, 15) is 0 Å². The van der Waals surface area contributed by atoms with Crippen LogP contribution < -0.4 is 4.90 Å². The van der Waals surface area contributed by atoms with Crippen LogP contribution in [0.25, 0.3) is 76.5 Å². The van der Waals surface area contributed by atoms with Gasteiger partial charge in [0.05, 0.1) is 0 Å². The molecule has 0 aromatic heterocycles. The maximum absolute atomic E-state index is 2.37. The SMILES string of the molecule is c1ccc(-c2ccc(N(c3ccc(-c4ccc5ccc6ccc7ccccc7c6c5c4)cc3)c3cccc(-c4ccc5ccccc5c4)c3)cc2)cc1. The van der Waals surface area contributed by atoms with Crippen molar-refractivity contribution in [2.24, 2.45) is 0 Å². The highest BCUT2D eigenvalue weighted by Crippen LogP contribution is 2.40. The minimum atomic E-state index is 1.11. The molecule has 0 radical (unpaired) electrons. The summed E-state index contributed by atoms with van der Waals surface area (Å²) in [6, 6.07) is 77.3. The maximum atomic E-state index is 2.37. The molecular weight excluding hydrogens is 639 g/mol. The molecule has 53 heavy (non-hydrogen) atoms. The first kappa shape index (κ1) is 30.8. The quantitative estimate of drug-likeness (QED) is 0.159. The van der Waals surface area contributed by atoms with Gasteiger partial charge in [0.15, 0.2) is 0 Å². The third kappa shape index (κ3) is 5.69. The number of fused-ring (bicyclic) bond motifs is 6. The number of rotatable bonds is 6. The molecule has 248 valence electrons. The fraction of sp³-hybridized carbons (Fsp3) is 0. The van der Waals surface area contributed by atoms with Crippen LogP contribution in [-0.4, -0.2) is 0 Å². The van der Waals surface area contributed by atoms with Crippen LogP contribution in [0.2, 0.25) is 0 Å². The molecule has 0 unspecified atom stereocenters. The van der Waals surface area contributed by atoms with E-state index >= 15 is 0 Å². The van der Waals surface area contributed by atoms with Gasteiger partial charge in [0.1, 0.15) is 0 Å². The molecule has 0 aliphatic rings. The zero-order valence-electron chi connectivity index (χ0n) is 29.2. The predicted octanol–water partition coefficient (Wildman–Crippen LogP) is 14.8. The van der Waals surface area contributed by atoms with Crippen molar-refractivity contribution < 1.29 is 0 Å². The van der Waals surface area contributed by atoms with E-state index in [1.165, 1.54) is 76.5 Å². The Balaban J connectivity index is 1.07. The second-order valence-electron chi connectivity index (χ2n) is 13.8. The molecule has 1 heteroatoms. The molecule has 0 spiro atoms. The van der Waals surface area contributed by atoms with Crippen LogP contribution in [0.3, 0.4) is 0 Å². The fourth-order valence-corrected chi connectivity index (χ4v) is 7.88. The van der Waals surface area contributed by atoms with Gasteiger partial charge in [-0.2, -0.15) is 0 Å². The van der Waals surface area contributed by atoms with Crippen molar-refractivity contribution in [3.05, 3.63) is 212 Å². The van der Waals surface area contributed by atoms with Gasteiger partial charge in [-0.3, -0.25) is 0 Å². The monoisotopic (exact) mass is 673 g/mol. The van der Waals surface area contributed by atoms with Gasteiger partial charge in [-0.15, -0.1) is 0 Å². The third-order valence-electron chi connectivity index (χ3n) is 10.6. The smallest absolute Gasteiger partial charge is 0.0467 e. The molecule has 0 fully saturated rings. The van der Waals surface area contributed by atoms with E-state index in [0.717, 1.165) is 17.1 Å². The van der Waals surface area contributed by atoms with Crippen LogP contribution >= 0.6 is 0 Å². The van der Waals surface area contributed by atoms with Crippen LogP contribution in [0.15, 0.2) is 212 Å². The Hall–Kier alpha value is -6.96. The number of nitrogens with zero attached hydrogens (tertiary/aromatic N) is 1. The van der Waals surface area contributed by atoms with Gasteiger partial charge in [-0.1, -0.05) is 164 Å². The molecule has 0 aliphatic heterocycles. The highest BCUT2D eigenvalue weighted by atomic mass is 15.1. The average Bonchev–Trinajstić information content (AvgIpc) is 3.24. The molecule has 0 bridgehead atoms. The molecule has 0 amide bonds. The Bertz CT molecular complexity index is 2920. The summed E-state index contributed by atoms with van der Waals surface area (Å²) in [7, 11) is 0. The van der Waals surface area contributed by atoms with Crippen molar-refractivity contribution in [2.45, 2.75) is 0 Å². The highest BCUT2D eigenvalue weighted by Gasteiger charge is 2.15. The summed E-state index contributed by atoms with van der Waals surface area (Å²) in [6.07, 6.45) is 0. The molecule has 10 aromatic rings. The van der Waals surface area contributed by atoms with Gasteiger partial charge < -0.3 is 4.90 Å². The van der Waals surface area contributed by atoms with Crippen LogP contribution in [-0.2, 0) is 0 Å². The van der Waals surface area contributed by atoms with Gasteiger partial charge >= 0.3 is 0 Å². The van der Waals surface area contributed by atoms with Crippen molar-refractivity contribution in [1.82, 2.24) is 0 Å². The van der Waals surface area contributed by atoms with Crippen molar-refractivity contribution in [3.8, 4) is 33.4 Å². The minimum absolute atomic E-state index is 1.11. The van der Waals surface area contributed by atoms with Crippen molar-refractivity contribution in [2.75, 3.05) is 4.90 Å². The summed E-state index contributed by atoms with van der Waals surface area (Å²) in [5, 5.41) is 10.2. The van der Waals surface area contributed by atoms with E-state index in [1.807, 2.05) is 0 Å². The molecule has 0 N–H and O–H groups in total. The van der Waals surface area contributed by atoms with Crippen molar-refractivity contribution in [3.63, 3.8) is 0 Å². The van der Waals surface area contributed by atoms with Gasteiger partial charge in [0.2, 0.25) is 0 Å². The molecule has 1 nitrogen and oxygen atoms in total. The first-order valence-electron chi connectivity index (χ1n) is 18.2. The first-order valence-corrected chi connectivity index (χ1v) is 18.2. The molecule has 0 aliphatic carbocycles. The number of anilines is 3. The van der Waals surface area contributed by atoms with Crippen molar-refractivity contribution in [1.29, 1.82) is 0 Å². The highest BCUT2D eigenvalue weighted by molar-refractivity contribution is 6.20. The van der Waals surface area contributed by atoms with Gasteiger partial charge in [-0.25, -0.2) is 0 Å². The van der Waals surface area contributed by atoms with E-state index in [1.54, 1.807) is 0 Å². The summed E-state index contributed by atoms with van der Waals surface area (Å²) < 4.78 is 0. The topological polar surface area (TPSA) is 3.24 Å². The Kier molecular flexibility index (Phi) is 7.55. The molecule has 10 aromatic carbocycles. The number of hydrogen-bond donors (Lipinski definition) is 0. The lowest BCUT2D eigenvalue weighted by molar-refractivity contribution is 1.28. The average molecular weight is 674 g/mol. The summed E-state index contributed by atoms with van der Waals surface area (Å²) in [5.74, 6) is 0. The normalized spacial score (nSPS) is 11.4. The molecule has 0 saturated heterocycles. The lowest BCUT2D eigenvalue weighted by Crippen LogP contribution is -2.10. The third-order valence-corrected chi connectivity index (χ3v) is 10.6. The molecule has 0 atom stereocenters. The van der Waals surface area contributed by atoms with E-state index in [0.29, 0.717) is 0 Å². The standard InChI is InChI=1S/C52H35N/c1-2-9-36(10-3-1)38-25-29-47(30-26-38)53(49-15-8-14-44(34-49)45-23-17-37-11-4-5-13-43(37)33-45)48-31-27-39(28-32-48)46-24-20-41-19-22-42-21-18-40-12-6-7-16-50(40)52(42)51(41)35-46/h1-35H. The lowest BCUT2D eigenvalue weighted by Gasteiger charge is -2.26. The van der Waals surface area contributed by atoms with Crippen LogP contribution in [0.1, 0.15) is 0 Å². The zero-order chi connectivity index (χ0) is 35.1. The minimum Gasteiger partial charge on any atom is -0.310 e. The second-order valence-corrected chi connectivity index (χ2v) is 13.8. The lowest BCUT2D eigenvalue weighted by atomic mass is 9.94. The summed E-state index contributed by atoms with van der Waals surface area (Å²) in [4.78, 5) is 2.36. The van der Waals surface area contributed by atoms with E-state index in [4.69, 9.17) is 0 Å². The fourth-order valence-electron chi connectivity index (χ4n) is 7.88. The maximum Gasteiger partial charge on any atom is 0.0467 e. The van der Waals surface area contributed by atoms with Crippen LogP contribution in [0, 0.1) is 0 Å². The molecule has 10 rings (SSSR count). The molecule has 0 heterocycles. The van der Waals surface area contributed by atoms with Crippen LogP contribution in [0.5, 0.6) is 0 Å². The Labute approximate surface area is 309 Å². The Morgan fingerprint density at radius 1 is 0.226 bits per heavy atom. The second kappa shape index (κ2) is 13.0. The summed E-state index contributed by atoms with van der Waals surface area (Å²) >= 11 is 0. The Morgan fingerprint density at radius 3 is 1.43 bits per heavy atom. The van der Waals surface area contributed by atoms with Crippen LogP contribution in [0.4, 0.5) is 17.1 Å². The van der Waals surface area contributed by atoms with Gasteiger partial charge in [0.25, 0.3) is 0 Å². The molecular formula is C52H35N. The van der Waals surface area contributed by atoms with E-state index in [2.05, 4.69) is 217 Å². The van der Waals surface area contributed by atoms with E-state index in [-0.39, 0.29) is 0 Å². The summed E-state index contributed by atoms with van der Waals surface area (Å²) in [6.45, 7) is 0. The Morgan fingerprint density at radius 2 is 0.698 bits per heavy atom. The van der Waals surface area contributed by atoms with E-state index < -0.39 is 0 Å². The number of hydrogen-bond acceptors (Lipinski definition) is 1. The van der Waals surface area contributed by atoms with Crippen molar-refractivity contribution >= 4 is 60.2 Å².